The summed E-state index contributed by atoms with van der Waals surface area (Å²) in [6.45, 7) is 2.06. The highest BCUT2D eigenvalue weighted by Gasteiger charge is 2.32. The van der Waals surface area contributed by atoms with E-state index in [4.69, 9.17) is 0 Å². The van der Waals surface area contributed by atoms with Crippen LogP contribution in [-0.4, -0.2) is 19.0 Å². The SMILES string of the molecule is COC(=O)c1ccc(/C=C/C(=O)NC(c2ccc(C)cc2)C2CC2)cc1. The number of methoxy groups -OCH3 is 1. The number of nitrogens with one attached hydrogen (secondary N) is 1. The van der Waals surface area contributed by atoms with Crippen LogP contribution in [0.4, 0.5) is 0 Å². The quantitative estimate of drug-likeness (QED) is 0.632. The topological polar surface area (TPSA) is 55.4 Å². The van der Waals surface area contributed by atoms with Crippen LogP contribution in [0.2, 0.25) is 0 Å². The maximum atomic E-state index is 12.3. The van der Waals surface area contributed by atoms with Gasteiger partial charge in [0, 0.05) is 6.08 Å². The maximum absolute atomic E-state index is 12.3. The number of rotatable bonds is 6. The predicted octanol–water partition coefficient (Wildman–Crippen LogP) is 4.06. The first kappa shape index (κ1) is 17.9. The smallest absolute Gasteiger partial charge is 0.337 e. The van der Waals surface area contributed by atoms with Gasteiger partial charge in [-0.25, -0.2) is 4.79 Å². The van der Waals surface area contributed by atoms with Crippen LogP contribution in [-0.2, 0) is 9.53 Å². The Balaban J connectivity index is 1.64. The molecule has 2 aromatic carbocycles. The molecule has 0 aromatic heterocycles. The normalized spacial score (nSPS) is 14.8. The van der Waals surface area contributed by atoms with E-state index in [9.17, 15) is 9.59 Å². The average Bonchev–Trinajstić information content (AvgIpc) is 3.50. The number of aryl methyl sites for hydroxylation is 1. The fourth-order valence-corrected chi connectivity index (χ4v) is 2.90. The van der Waals surface area contributed by atoms with E-state index in [1.54, 1.807) is 30.3 Å². The molecule has 0 bridgehead atoms. The zero-order valence-corrected chi connectivity index (χ0v) is 15.1. The Hall–Kier alpha value is -2.88. The van der Waals surface area contributed by atoms with Crippen LogP contribution in [0.15, 0.2) is 54.6 Å². The molecule has 1 saturated carbocycles. The summed E-state index contributed by atoms with van der Waals surface area (Å²) >= 11 is 0. The minimum Gasteiger partial charge on any atom is -0.465 e. The van der Waals surface area contributed by atoms with Crippen molar-refractivity contribution < 1.29 is 14.3 Å². The Morgan fingerprint density at radius 2 is 1.73 bits per heavy atom. The van der Waals surface area contributed by atoms with Crippen LogP contribution in [0.3, 0.4) is 0 Å². The van der Waals surface area contributed by atoms with Gasteiger partial charge in [0.15, 0.2) is 0 Å². The van der Waals surface area contributed by atoms with E-state index < -0.39 is 0 Å². The number of esters is 1. The molecule has 0 heterocycles. The number of hydrogen-bond donors (Lipinski definition) is 1. The molecule has 1 unspecified atom stereocenters. The highest BCUT2D eigenvalue weighted by Crippen LogP contribution is 2.41. The molecule has 0 spiro atoms. The predicted molar refractivity (Wildman–Crippen MR) is 102 cm³/mol. The number of amides is 1. The molecule has 0 aliphatic heterocycles. The van der Waals surface area contributed by atoms with E-state index in [1.165, 1.54) is 18.7 Å². The van der Waals surface area contributed by atoms with Crippen molar-refractivity contribution in [3.63, 3.8) is 0 Å². The first-order valence-corrected chi connectivity index (χ1v) is 8.80. The first-order chi connectivity index (χ1) is 12.6. The Kier molecular flexibility index (Phi) is 5.52. The highest BCUT2D eigenvalue weighted by molar-refractivity contribution is 5.92. The lowest BCUT2D eigenvalue weighted by molar-refractivity contribution is -0.117. The summed E-state index contributed by atoms with van der Waals surface area (Å²) in [5.41, 5.74) is 3.71. The van der Waals surface area contributed by atoms with Crippen LogP contribution < -0.4 is 5.32 Å². The molecular weight excluding hydrogens is 326 g/mol. The summed E-state index contributed by atoms with van der Waals surface area (Å²) in [6, 6.07) is 15.3. The van der Waals surface area contributed by atoms with Gasteiger partial charge in [0.25, 0.3) is 0 Å². The second-order valence-electron chi connectivity index (χ2n) is 6.68. The van der Waals surface area contributed by atoms with Crippen molar-refractivity contribution in [3.05, 3.63) is 76.9 Å². The van der Waals surface area contributed by atoms with Crippen LogP contribution >= 0.6 is 0 Å². The summed E-state index contributed by atoms with van der Waals surface area (Å²) < 4.78 is 4.67. The molecule has 1 atom stereocenters. The number of ether oxygens (including phenoxy) is 1. The molecule has 3 rings (SSSR count). The van der Waals surface area contributed by atoms with E-state index in [1.807, 2.05) is 0 Å². The number of carbonyl (C=O) groups excluding carboxylic acids is 2. The molecule has 1 N–H and O–H groups in total. The van der Waals surface area contributed by atoms with Crippen molar-refractivity contribution in [1.82, 2.24) is 5.32 Å². The Bertz CT molecular complexity index is 802. The third-order valence-electron chi connectivity index (χ3n) is 4.59. The van der Waals surface area contributed by atoms with Gasteiger partial charge in [-0.3, -0.25) is 4.79 Å². The van der Waals surface area contributed by atoms with Crippen molar-refractivity contribution in [2.24, 2.45) is 5.92 Å². The van der Waals surface area contributed by atoms with E-state index in [0.29, 0.717) is 11.5 Å². The molecule has 1 aliphatic carbocycles. The van der Waals surface area contributed by atoms with Gasteiger partial charge in [0.2, 0.25) is 5.91 Å². The molecule has 1 fully saturated rings. The molecular formula is C22H23NO3. The summed E-state index contributed by atoms with van der Waals surface area (Å²) in [7, 11) is 1.35. The van der Waals surface area contributed by atoms with E-state index in [-0.39, 0.29) is 17.9 Å². The molecule has 4 heteroatoms. The summed E-state index contributed by atoms with van der Waals surface area (Å²) in [6.07, 6.45) is 5.58. The number of hydrogen-bond acceptors (Lipinski definition) is 3. The number of benzene rings is 2. The van der Waals surface area contributed by atoms with Crippen molar-refractivity contribution in [3.8, 4) is 0 Å². The molecule has 1 aliphatic rings. The third-order valence-corrected chi connectivity index (χ3v) is 4.59. The minimum atomic E-state index is -0.372. The Morgan fingerprint density at radius 1 is 1.08 bits per heavy atom. The van der Waals surface area contributed by atoms with Gasteiger partial charge in [-0.05, 0) is 55.0 Å². The van der Waals surface area contributed by atoms with Gasteiger partial charge >= 0.3 is 5.97 Å². The standard InChI is InChI=1S/C22H23NO3/c1-15-3-8-17(9-4-15)21(18-12-13-18)23-20(24)14-7-16-5-10-19(11-6-16)22(25)26-2/h3-11,14,18,21H,12-13H2,1-2H3,(H,23,24)/b14-7+. The maximum Gasteiger partial charge on any atom is 0.337 e. The van der Waals surface area contributed by atoms with Gasteiger partial charge in [-0.2, -0.15) is 0 Å². The number of carbonyl (C=O) groups is 2. The largest absolute Gasteiger partial charge is 0.465 e. The lowest BCUT2D eigenvalue weighted by Crippen LogP contribution is -2.28. The highest BCUT2D eigenvalue weighted by atomic mass is 16.5. The molecule has 1 amide bonds. The van der Waals surface area contributed by atoms with Gasteiger partial charge in [0.1, 0.15) is 0 Å². The van der Waals surface area contributed by atoms with Crippen molar-refractivity contribution >= 4 is 18.0 Å². The van der Waals surface area contributed by atoms with Gasteiger partial charge in [0.05, 0.1) is 18.7 Å². The molecule has 0 saturated heterocycles. The van der Waals surface area contributed by atoms with E-state index in [0.717, 1.165) is 24.0 Å². The first-order valence-electron chi connectivity index (χ1n) is 8.80. The van der Waals surface area contributed by atoms with Crippen molar-refractivity contribution in [2.45, 2.75) is 25.8 Å². The van der Waals surface area contributed by atoms with E-state index >= 15 is 0 Å². The van der Waals surface area contributed by atoms with Gasteiger partial charge in [-0.1, -0.05) is 42.0 Å². The summed E-state index contributed by atoms with van der Waals surface area (Å²) in [5.74, 6) is 0.0394. The fraction of sp³-hybridized carbons (Fsp3) is 0.273. The summed E-state index contributed by atoms with van der Waals surface area (Å²) in [5, 5.41) is 3.12. The molecule has 134 valence electrons. The van der Waals surface area contributed by atoms with Crippen LogP contribution in [0.1, 0.15) is 45.9 Å². The van der Waals surface area contributed by atoms with Crippen molar-refractivity contribution in [2.75, 3.05) is 7.11 Å². The minimum absolute atomic E-state index is 0.0643. The lowest BCUT2D eigenvalue weighted by atomic mass is 10.0. The fourth-order valence-electron chi connectivity index (χ4n) is 2.90. The second-order valence-corrected chi connectivity index (χ2v) is 6.68. The monoisotopic (exact) mass is 349 g/mol. The van der Waals surface area contributed by atoms with Gasteiger partial charge < -0.3 is 10.1 Å². The van der Waals surface area contributed by atoms with Gasteiger partial charge in [-0.15, -0.1) is 0 Å². The Labute approximate surface area is 153 Å². The lowest BCUT2D eigenvalue weighted by Gasteiger charge is -2.18. The molecule has 0 radical (unpaired) electrons. The molecule has 4 nitrogen and oxygen atoms in total. The van der Waals surface area contributed by atoms with Crippen LogP contribution in [0, 0.1) is 12.8 Å². The third kappa shape index (κ3) is 4.60. The average molecular weight is 349 g/mol. The van der Waals surface area contributed by atoms with E-state index in [2.05, 4.69) is 41.2 Å². The Morgan fingerprint density at radius 3 is 2.31 bits per heavy atom. The second kappa shape index (κ2) is 8.00. The molecule has 2 aromatic rings. The zero-order valence-electron chi connectivity index (χ0n) is 15.1. The van der Waals surface area contributed by atoms with Crippen LogP contribution in [0.25, 0.3) is 6.08 Å². The molecule has 26 heavy (non-hydrogen) atoms. The summed E-state index contributed by atoms with van der Waals surface area (Å²) in [4.78, 5) is 23.8. The van der Waals surface area contributed by atoms with Crippen molar-refractivity contribution in [1.29, 1.82) is 0 Å². The van der Waals surface area contributed by atoms with Crippen LogP contribution in [0.5, 0.6) is 0 Å². The zero-order chi connectivity index (χ0) is 18.5.